The highest BCUT2D eigenvalue weighted by molar-refractivity contribution is 6.03. The quantitative estimate of drug-likeness (QED) is 0.366. The third-order valence-corrected chi connectivity index (χ3v) is 5.05. The molecule has 0 saturated carbocycles. The summed E-state index contributed by atoms with van der Waals surface area (Å²) in [4.78, 5) is 26.0. The standard InChI is InChI=1S/C22H31N7O4/c1-24-18(12-23)21-28-17(11-20(29-21)33-14-15-5-8-32-9-6-15)22(30)27-16-3-4-19(26-13-16)25-7-10-31-2/h3-4,11-13,15,24H,5-10,14,23H2,1-2H3,(H,25,26)(H,27,30)/b18-12-. The highest BCUT2D eigenvalue weighted by Gasteiger charge is 2.18. The molecule has 0 spiro atoms. The smallest absolute Gasteiger partial charge is 0.274 e. The molecule has 5 N–H and O–H groups in total. The number of nitrogens with zero attached hydrogens (tertiary/aromatic N) is 3. The van der Waals surface area contributed by atoms with Crippen LogP contribution in [0.5, 0.6) is 5.88 Å². The van der Waals surface area contributed by atoms with E-state index in [0.717, 1.165) is 26.1 Å². The summed E-state index contributed by atoms with van der Waals surface area (Å²) in [5.41, 5.74) is 6.85. The van der Waals surface area contributed by atoms with Gasteiger partial charge in [-0.2, -0.15) is 4.98 Å². The van der Waals surface area contributed by atoms with Crippen LogP contribution < -0.4 is 26.4 Å². The number of nitrogens with two attached hydrogens (primary N) is 1. The van der Waals surface area contributed by atoms with Gasteiger partial charge < -0.3 is 35.9 Å². The van der Waals surface area contributed by atoms with Crippen molar-refractivity contribution in [3.8, 4) is 5.88 Å². The van der Waals surface area contributed by atoms with Crippen molar-refractivity contribution in [1.29, 1.82) is 0 Å². The summed E-state index contributed by atoms with van der Waals surface area (Å²) in [7, 11) is 3.34. The summed E-state index contributed by atoms with van der Waals surface area (Å²) in [6, 6.07) is 5.05. The third-order valence-electron chi connectivity index (χ3n) is 5.05. The van der Waals surface area contributed by atoms with Crippen molar-refractivity contribution in [3.05, 3.63) is 42.1 Å². The predicted molar refractivity (Wildman–Crippen MR) is 125 cm³/mol. The molecule has 33 heavy (non-hydrogen) atoms. The SMILES string of the molecule is CN/C(=C\N)c1nc(OCC2CCOCC2)cc(C(=O)Nc2ccc(NCCOC)nc2)n1. The molecule has 1 amide bonds. The van der Waals surface area contributed by atoms with Gasteiger partial charge in [0.1, 0.15) is 11.5 Å². The first kappa shape index (κ1) is 24.2. The molecule has 178 valence electrons. The zero-order valence-electron chi connectivity index (χ0n) is 19.0. The Morgan fingerprint density at radius 2 is 2.12 bits per heavy atom. The lowest BCUT2D eigenvalue weighted by molar-refractivity contribution is 0.0490. The largest absolute Gasteiger partial charge is 0.477 e. The van der Waals surface area contributed by atoms with Gasteiger partial charge in [-0.15, -0.1) is 0 Å². The minimum atomic E-state index is -0.413. The first-order valence-corrected chi connectivity index (χ1v) is 10.8. The Morgan fingerprint density at radius 3 is 2.79 bits per heavy atom. The molecular weight excluding hydrogens is 426 g/mol. The molecule has 3 rings (SSSR count). The third kappa shape index (κ3) is 7.29. The van der Waals surface area contributed by atoms with Gasteiger partial charge in [0.05, 0.1) is 30.8 Å². The molecule has 0 unspecified atom stereocenters. The molecule has 1 saturated heterocycles. The van der Waals surface area contributed by atoms with Crippen LogP contribution in [0.4, 0.5) is 11.5 Å². The predicted octanol–water partition coefficient (Wildman–Crippen LogP) is 1.46. The average molecular weight is 458 g/mol. The monoisotopic (exact) mass is 457 g/mol. The summed E-state index contributed by atoms with van der Waals surface area (Å²) in [5.74, 6) is 1.23. The summed E-state index contributed by atoms with van der Waals surface area (Å²) in [6.07, 6.45) is 4.77. The molecular formula is C22H31N7O4. The van der Waals surface area contributed by atoms with Crippen LogP contribution in [0.1, 0.15) is 29.2 Å². The van der Waals surface area contributed by atoms with Gasteiger partial charge in [-0.25, -0.2) is 9.97 Å². The Morgan fingerprint density at radius 1 is 1.30 bits per heavy atom. The number of amides is 1. The van der Waals surface area contributed by atoms with E-state index in [1.54, 1.807) is 32.5 Å². The maximum Gasteiger partial charge on any atom is 0.274 e. The Balaban J connectivity index is 1.72. The normalized spacial score (nSPS) is 14.5. The summed E-state index contributed by atoms with van der Waals surface area (Å²) in [6.45, 7) is 3.15. The maximum absolute atomic E-state index is 12.9. The molecule has 0 aliphatic carbocycles. The highest BCUT2D eigenvalue weighted by Crippen LogP contribution is 2.19. The van der Waals surface area contributed by atoms with E-state index in [9.17, 15) is 4.79 Å². The number of anilines is 2. The second-order valence-electron chi connectivity index (χ2n) is 7.42. The number of ether oxygens (including phenoxy) is 3. The van der Waals surface area contributed by atoms with E-state index >= 15 is 0 Å². The van der Waals surface area contributed by atoms with E-state index in [-0.39, 0.29) is 11.5 Å². The van der Waals surface area contributed by atoms with Crippen molar-refractivity contribution < 1.29 is 19.0 Å². The minimum absolute atomic E-state index is 0.152. The Kier molecular flexibility index (Phi) is 9.21. The number of nitrogens with one attached hydrogen (secondary N) is 3. The Labute approximate surface area is 193 Å². The number of methoxy groups -OCH3 is 1. The van der Waals surface area contributed by atoms with Crippen LogP contribution in [0.15, 0.2) is 30.6 Å². The Bertz CT molecular complexity index is 931. The van der Waals surface area contributed by atoms with Crippen molar-refractivity contribution in [1.82, 2.24) is 20.3 Å². The van der Waals surface area contributed by atoms with Crippen LogP contribution in [-0.2, 0) is 9.47 Å². The fraction of sp³-hybridized carbons (Fsp3) is 0.455. The molecule has 0 bridgehead atoms. The fourth-order valence-corrected chi connectivity index (χ4v) is 3.17. The van der Waals surface area contributed by atoms with Gasteiger partial charge in [0.2, 0.25) is 5.88 Å². The number of rotatable bonds is 11. The number of pyridine rings is 1. The molecule has 3 heterocycles. The van der Waals surface area contributed by atoms with Crippen LogP contribution >= 0.6 is 0 Å². The molecule has 11 nitrogen and oxygen atoms in total. The number of carbonyl (C=O) groups excluding carboxylic acids is 1. The van der Waals surface area contributed by atoms with Crippen molar-refractivity contribution >= 4 is 23.1 Å². The van der Waals surface area contributed by atoms with Crippen molar-refractivity contribution in [2.75, 3.05) is 57.8 Å². The zero-order chi connectivity index (χ0) is 23.5. The van der Waals surface area contributed by atoms with Gasteiger partial charge in [-0.05, 0) is 30.9 Å². The van der Waals surface area contributed by atoms with Gasteiger partial charge in [0, 0.05) is 46.2 Å². The van der Waals surface area contributed by atoms with Gasteiger partial charge in [-0.1, -0.05) is 0 Å². The first-order chi connectivity index (χ1) is 16.1. The lowest BCUT2D eigenvalue weighted by atomic mass is 10.0. The lowest BCUT2D eigenvalue weighted by Gasteiger charge is -2.22. The van der Waals surface area contributed by atoms with E-state index in [1.807, 2.05) is 0 Å². The van der Waals surface area contributed by atoms with Crippen molar-refractivity contribution in [2.45, 2.75) is 12.8 Å². The summed E-state index contributed by atoms with van der Waals surface area (Å²) >= 11 is 0. The number of aromatic nitrogens is 3. The summed E-state index contributed by atoms with van der Waals surface area (Å²) in [5, 5.41) is 8.85. The Hall–Kier alpha value is -3.44. The van der Waals surface area contributed by atoms with Crippen molar-refractivity contribution in [3.63, 3.8) is 0 Å². The number of hydrogen-bond acceptors (Lipinski definition) is 10. The van der Waals surface area contributed by atoms with Crippen LogP contribution in [0, 0.1) is 5.92 Å². The van der Waals surface area contributed by atoms with Gasteiger partial charge in [0.25, 0.3) is 5.91 Å². The van der Waals surface area contributed by atoms with Crippen LogP contribution in [0.3, 0.4) is 0 Å². The maximum atomic E-state index is 12.9. The second kappa shape index (κ2) is 12.6. The molecule has 2 aromatic rings. The van der Waals surface area contributed by atoms with E-state index in [4.69, 9.17) is 19.9 Å². The molecule has 1 fully saturated rings. The topological polar surface area (TPSA) is 146 Å². The molecule has 0 radical (unpaired) electrons. The van der Waals surface area contributed by atoms with Gasteiger partial charge in [0.15, 0.2) is 5.82 Å². The average Bonchev–Trinajstić information content (AvgIpc) is 2.85. The molecule has 0 aromatic carbocycles. The molecule has 11 heteroatoms. The van der Waals surface area contributed by atoms with Crippen LogP contribution in [-0.4, -0.2) is 68.0 Å². The van der Waals surface area contributed by atoms with Crippen molar-refractivity contribution in [2.24, 2.45) is 11.7 Å². The molecule has 2 aromatic heterocycles. The lowest BCUT2D eigenvalue weighted by Crippen LogP contribution is -2.22. The number of carbonyl (C=O) groups is 1. The van der Waals surface area contributed by atoms with Crippen LogP contribution in [0.25, 0.3) is 5.70 Å². The second-order valence-corrected chi connectivity index (χ2v) is 7.42. The first-order valence-electron chi connectivity index (χ1n) is 10.8. The van der Waals surface area contributed by atoms with Gasteiger partial charge in [-0.3, -0.25) is 4.79 Å². The molecule has 1 aliphatic rings. The fourth-order valence-electron chi connectivity index (χ4n) is 3.17. The van der Waals surface area contributed by atoms with Crippen LogP contribution in [0.2, 0.25) is 0 Å². The van der Waals surface area contributed by atoms with E-state index in [2.05, 4.69) is 30.9 Å². The number of hydrogen-bond donors (Lipinski definition) is 4. The molecule has 1 aliphatic heterocycles. The zero-order valence-corrected chi connectivity index (χ0v) is 19.0. The summed E-state index contributed by atoms with van der Waals surface area (Å²) < 4.78 is 16.3. The van der Waals surface area contributed by atoms with E-state index in [0.29, 0.717) is 48.8 Å². The minimum Gasteiger partial charge on any atom is -0.477 e. The van der Waals surface area contributed by atoms with E-state index < -0.39 is 5.91 Å². The highest BCUT2D eigenvalue weighted by atomic mass is 16.5. The van der Waals surface area contributed by atoms with Gasteiger partial charge >= 0.3 is 0 Å². The van der Waals surface area contributed by atoms with E-state index in [1.165, 1.54) is 12.3 Å². The molecule has 0 atom stereocenters.